The highest BCUT2D eigenvalue weighted by atomic mass is 32.2. The summed E-state index contributed by atoms with van der Waals surface area (Å²) in [6.45, 7) is 6.41. The molecule has 1 unspecified atom stereocenters. The molecule has 1 aliphatic heterocycles. The molecule has 0 bridgehead atoms. The van der Waals surface area contributed by atoms with E-state index in [4.69, 9.17) is 4.98 Å². The van der Waals surface area contributed by atoms with Gasteiger partial charge in [-0.1, -0.05) is 12.1 Å². The maximum absolute atomic E-state index is 12.9. The van der Waals surface area contributed by atoms with Crippen molar-refractivity contribution in [3.05, 3.63) is 82.3 Å². The van der Waals surface area contributed by atoms with Crippen LogP contribution in [0.5, 0.6) is 0 Å². The molecule has 1 aliphatic rings. The number of pyridine rings is 1. The van der Waals surface area contributed by atoms with Gasteiger partial charge in [0, 0.05) is 60.8 Å². The first-order chi connectivity index (χ1) is 17.4. The van der Waals surface area contributed by atoms with Crippen LogP contribution in [0.25, 0.3) is 11.0 Å². The quantitative estimate of drug-likeness (QED) is 0.404. The van der Waals surface area contributed by atoms with Gasteiger partial charge in [0.1, 0.15) is 11.9 Å². The molecule has 0 amide bonds. The molecule has 3 heterocycles. The maximum atomic E-state index is 12.9. The van der Waals surface area contributed by atoms with E-state index in [0.717, 1.165) is 53.3 Å². The zero-order valence-corrected chi connectivity index (χ0v) is 21.6. The lowest BCUT2D eigenvalue weighted by Crippen LogP contribution is -2.44. The summed E-state index contributed by atoms with van der Waals surface area (Å²) in [6, 6.07) is 17.2. The Balaban J connectivity index is 1.43. The number of nitrogens with one attached hydrogen (secondary N) is 1. The summed E-state index contributed by atoms with van der Waals surface area (Å²) >= 11 is -1.17. The minimum absolute atomic E-state index is 0.167. The van der Waals surface area contributed by atoms with E-state index in [0.29, 0.717) is 11.6 Å². The van der Waals surface area contributed by atoms with Crippen LogP contribution in [0, 0.1) is 6.92 Å². The Kier molecular flexibility index (Phi) is 6.95. The lowest BCUT2D eigenvalue weighted by Gasteiger charge is -2.34. The van der Waals surface area contributed by atoms with E-state index in [1.165, 1.54) is 11.8 Å². The molecule has 1 saturated heterocycles. The highest BCUT2D eigenvalue weighted by molar-refractivity contribution is 7.90. The van der Waals surface area contributed by atoms with Crippen molar-refractivity contribution in [2.24, 2.45) is 0 Å². The maximum Gasteiger partial charge on any atom is 0.252 e. The number of piperazine rings is 1. The van der Waals surface area contributed by atoms with Crippen molar-refractivity contribution >= 4 is 39.5 Å². The lowest BCUT2D eigenvalue weighted by atomic mass is 10.1. The van der Waals surface area contributed by atoms with Gasteiger partial charge >= 0.3 is 0 Å². The van der Waals surface area contributed by atoms with Crippen molar-refractivity contribution in [2.45, 2.75) is 18.4 Å². The molecular weight excluding hydrogens is 472 g/mol. The Hall–Kier alpha value is -3.40. The Labute approximate surface area is 213 Å². The second kappa shape index (κ2) is 10.3. The fourth-order valence-electron chi connectivity index (χ4n) is 4.54. The Morgan fingerprint density at radius 1 is 1.03 bits per heavy atom. The molecule has 1 N–H and O–H groups in total. The molecular formula is C27H30N6O2S. The molecule has 0 saturated carbocycles. The minimum atomic E-state index is -1.17. The zero-order valence-electron chi connectivity index (χ0n) is 20.8. The number of aryl methyl sites for hydroxylation is 1. The van der Waals surface area contributed by atoms with Crippen LogP contribution in [0.4, 0.5) is 17.3 Å². The monoisotopic (exact) mass is 502 g/mol. The summed E-state index contributed by atoms with van der Waals surface area (Å²) in [4.78, 5) is 27.5. The largest absolute Gasteiger partial charge is 0.612 e. The van der Waals surface area contributed by atoms with Gasteiger partial charge in [-0.15, -0.1) is 0 Å². The van der Waals surface area contributed by atoms with E-state index in [2.05, 4.69) is 39.3 Å². The van der Waals surface area contributed by atoms with Gasteiger partial charge in [-0.2, -0.15) is 4.98 Å². The van der Waals surface area contributed by atoms with Gasteiger partial charge in [-0.25, -0.2) is 4.98 Å². The summed E-state index contributed by atoms with van der Waals surface area (Å²) in [5, 5.41) is 4.03. The third-order valence-corrected chi connectivity index (χ3v) is 7.71. The molecule has 2 aromatic heterocycles. The standard InChI is InChI=1S/C27H30N6O2S/c1-19-5-4-6-24(36(3)35)23(19)18-33-25(34)12-7-20-17-28-27(30-26(20)33)29-21-8-10-22(11-9-21)32-15-13-31(2)14-16-32/h4-12,17H,13-16,18H2,1-3H3,(H,28,29,30). The first-order valence-corrected chi connectivity index (χ1v) is 13.5. The normalized spacial score (nSPS) is 15.3. The van der Waals surface area contributed by atoms with E-state index in [9.17, 15) is 9.35 Å². The number of anilines is 3. The number of benzene rings is 2. The highest BCUT2D eigenvalue weighted by Crippen LogP contribution is 2.24. The molecule has 8 nitrogen and oxygen atoms in total. The molecule has 5 rings (SSSR count). The lowest BCUT2D eigenvalue weighted by molar-refractivity contribution is 0.313. The van der Waals surface area contributed by atoms with E-state index in [1.807, 2.05) is 37.3 Å². The van der Waals surface area contributed by atoms with E-state index < -0.39 is 11.2 Å². The topological polar surface area (TPSA) is 89.3 Å². The van der Waals surface area contributed by atoms with Crippen molar-refractivity contribution in [1.82, 2.24) is 19.4 Å². The first-order valence-electron chi connectivity index (χ1n) is 12.0. The van der Waals surface area contributed by atoms with Crippen LogP contribution in [-0.2, 0) is 17.7 Å². The van der Waals surface area contributed by atoms with Crippen LogP contribution >= 0.6 is 0 Å². The highest BCUT2D eigenvalue weighted by Gasteiger charge is 2.17. The average Bonchev–Trinajstić information content (AvgIpc) is 2.87. The van der Waals surface area contributed by atoms with Gasteiger partial charge in [-0.05, 0) is 67.1 Å². The van der Waals surface area contributed by atoms with Crippen LogP contribution in [-0.4, -0.2) is 63.5 Å². The van der Waals surface area contributed by atoms with Gasteiger partial charge < -0.3 is 19.7 Å². The number of fused-ring (bicyclic) bond motifs is 1. The van der Waals surface area contributed by atoms with Gasteiger partial charge in [-0.3, -0.25) is 9.36 Å². The Morgan fingerprint density at radius 3 is 2.50 bits per heavy atom. The number of rotatable bonds is 6. The SMILES string of the molecule is Cc1cccc([S+](C)[O-])c1Cn1c(=O)ccc2cnc(Nc3ccc(N4CCN(C)CC4)cc3)nc21. The third kappa shape index (κ3) is 5.09. The smallest absolute Gasteiger partial charge is 0.252 e. The number of nitrogens with zero attached hydrogens (tertiary/aromatic N) is 5. The van der Waals surface area contributed by atoms with Gasteiger partial charge in [0.25, 0.3) is 5.56 Å². The molecule has 0 spiro atoms. The number of hydrogen-bond donors (Lipinski definition) is 1. The van der Waals surface area contributed by atoms with Gasteiger partial charge in [0.05, 0.1) is 6.54 Å². The Morgan fingerprint density at radius 2 is 1.78 bits per heavy atom. The Bertz CT molecular complexity index is 1430. The van der Waals surface area contributed by atoms with Gasteiger partial charge in [0.15, 0.2) is 4.90 Å². The molecule has 36 heavy (non-hydrogen) atoms. The van der Waals surface area contributed by atoms with Crippen molar-refractivity contribution in [2.75, 3.05) is 49.7 Å². The van der Waals surface area contributed by atoms with E-state index in [1.54, 1.807) is 23.1 Å². The molecule has 1 atom stereocenters. The first kappa shape index (κ1) is 24.3. The predicted octanol–water partition coefficient (Wildman–Crippen LogP) is 3.38. The number of aromatic nitrogens is 3. The summed E-state index contributed by atoms with van der Waals surface area (Å²) in [5.41, 5.74) is 4.30. The van der Waals surface area contributed by atoms with Crippen LogP contribution in [0.15, 0.2) is 70.5 Å². The predicted molar refractivity (Wildman–Crippen MR) is 146 cm³/mol. The second-order valence-electron chi connectivity index (χ2n) is 9.20. The minimum Gasteiger partial charge on any atom is -0.612 e. The fraction of sp³-hybridized carbons (Fsp3) is 0.296. The van der Waals surface area contributed by atoms with Crippen LogP contribution in [0.2, 0.25) is 0 Å². The number of hydrogen-bond acceptors (Lipinski definition) is 7. The molecule has 2 aromatic carbocycles. The average molecular weight is 503 g/mol. The summed E-state index contributed by atoms with van der Waals surface area (Å²) in [5.74, 6) is 0.415. The molecule has 186 valence electrons. The van der Waals surface area contributed by atoms with E-state index >= 15 is 0 Å². The van der Waals surface area contributed by atoms with Crippen molar-refractivity contribution in [3.63, 3.8) is 0 Å². The van der Waals surface area contributed by atoms with Gasteiger partial charge in [0.2, 0.25) is 5.95 Å². The summed E-state index contributed by atoms with van der Waals surface area (Å²) in [7, 11) is 2.15. The van der Waals surface area contributed by atoms with Crippen molar-refractivity contribution in [3.8, 4) is 0 Å². The van der Waals surface area contributed by atoms with Crippen LogP contribution in [0.3, 0.4) is 0 Å². The van der Waals surface area contributed by atoms with Crippen molar-refractivity contribution < 1.29 is 4.55 Å². The number of likely N-dealkylation sites (N-methyl/N-ethyl adjacent to an activating group) is 1. The van der Waals surface area contributed by atoms with E-state index in [-0.39, 0.29) is 12.1 Å². The molecule has 9 heteroatoms. The second-order valence-corrected chi connectivity index (χ2v) is 10.5. The van der Waals surface area contributed by atoms with Crippen LogP contribution in [0.1, 0.15) is 11.1 Å². The molecule has 4 aromatic rings. The third-order valence-electron chi connectivity index (χ3n) is 6.71. The molecule has 0 aliphatic carbocycles. The fourth-order valence-corrected chi connectivity index (χ4v) is 5.38. The molecule has 1 fully saturated rings. The van der Waals surface area contributed by atoms with Crippen LogP contribution < -0.4 is 15.8 Å². The summed E-state index contributed by atoms with van der Waals surface area (Å²) in [6.07, 6.45) is 3.37. The molecule has 0 radical (unpaired) electrons. The van der Waals surface area contributed by atoms with Crippen molar-refractivity contribution in [1.29, 1.82) is 0 Å². The summed E-state index contributed by atoms with van der Waals surface area (Å²) < 4.78 is 14.0. The zero-order chi connectivity index (χ0) is 25.2.